The average Bonchev–Trinajstić information content (AvgIpc) is 2.56. The van der Waals surface area contributed by atoms with Gasteiger partial charge in [-0.2, -0.15) is 0 Å². The van der Waals surface area contributed by atoms with Crippen molar-refractivity contribution in [3.05, 3.63) is 29.8 Å². The number of ether oxygens (including phenoxy) is 1. The molecular weight excluding hydrogens is 314 g/mol. The number of rotatable bonds is 7. The van der Waals surface area contributed by atoms with Gasteiger partial charge in [0.05, 0.1) is 6.10 Å². The van der Waals surface area contributed by atoms with Crippen LogP contribution >= 0.6 is 12.4 Å². The molecule has 0 saturated carbocycles. The molecule has 1 amide bonds. The first-order valence-corrected chi connectivity index (χ1v) is 8.17. The molecule has 1 aliphatic rings. The van der Waals surface area contributed by atoms with Crippen LogP contribution in [0.15, 0.2) is 24.3 Å². The van der Waals surface area contributed by atoms with Crippen LogP contribution in [0.3, 0.4) is 0 Å². The van der Waals surface area contributed by atoms with Gasteiger partial charge in [0.15, 0.2) is 0 Å². The summed E-state index contributed by atoms with van der Waals surface area (Å²) in [6, 6.07) is 7.35. The Hall–Kier alpha value is -1.30. The number of piperazine rings is 1. The Morgan fingerprint density at radius 1 is 1.30 bits per heavy atom. The van der Waals surface area contributed by atoms with Gasteiger partial charge in [0.1, 0.15) is 5.75 Å². The minimum atomic E-state index is -0.0229. The number of nitrogens with one attached hydrogen (secondary N) is 2. The summed E-state index contributed by atoms with van der Waals surface area (Å²) in [6.07, 6.45) is 1.16. The van der Waals surface area contributed by atoms with E-state index in [1.54, 1.807) is 0 Å². The molecule has 0 spiro atoms. The van der Waals surface area contributed by atoms with Crippen molar-refractivity contribution in [1.29, 1.82) is 0 Å². The van der Waals surface area contributed by atoms with Crippen LogP contribution in [-0.2, 0) is 0 Å². The third-order valence-electron chi connectivity index (χ3n) is 3.95. The first-order valence-electron chi connectivity index (χ1n) is 8.17. The number of benzene rings is 1. The molecule has 1 aromatic carbocycles. The van der Waals surface area contributed by atoms with Gasteiger partial charge < -0.3 is 15.4 Å². The Morgan fingerprint density at radius 2 is 1.96 bits per heavy atom. The summed E-state index contributed by atoms with van der Waals surface area (Å²) in [4.78, 5) is 14.5. The summed E-state index contributed by atoms with van der Waals surface area (Å²) in [5, 5.41) is 6.30. The van der Waals surface area contributed by atoms with Crippen LogP contribution in [0.4, 0.5) is 0 Å². The number of hydrogen-bond donors (Lipinski definition) is 2. The maximum Gasteiger partial charge on any atom is 0.251 e. The zero-order valence-corrected chi connectivity index (χ0v) is 14.8. The van der Waals surface area contributed by atoms with E-state index < -0.39 is 0 Å². The van der Waals surface area contributed by atoms with E-state index in [9.17, 15) is 4.79 Å². The van der Waals surface area contributed by atoms with Crippen molar-refractivity contribution in [3.8, 4) is 5.75 Å². The van der Waals surface area contributed by atoms with Crippen molar-refractivity contribution in [1.82, 2.24) is 15.5 Å². The zero-order valence-electron chi connectivity index (χ0n) is 14.0. The van der Waals surface area contributed by atoms with Crippen molar-refractivity contribution >= 4 is 18.3 Å². The Kier molecular flexibility index (Phi) is 8.99. The van der Waals surface area contributed by atoms with Crippen LogP contribution in [-0.4, -0.2) is 56.2 Å². The highest BCUT2D eigenvalue weighted by molar-refractivity contribution is 5.94. The highest BCUT2D eigenvalue weighted by atomic mass is 35.5. The van der Waals surface area contributed by atoms with E-state index in [0.717, 1.165) is 44.9 Å². The lowest BCUT2D eigenvalue weighted by atomic mass is 10.2. The predicted octanol–water partition coefficient (Wildman–Crippen LogP) is 1.92. The number of amides is 1. The predicted molar refractivity (Wildman–Crippen MR) is 95.7 cm³/mol. The van der Waals surface area contributed by atoms with Crippen LogP contribution in [0.2, 0.25) is 0 Å². The van der Waals surface area contributed by atoms with E-state index in [4.69, 9.17) is 4.74 Å². The minimum Gasteiger partial charge on any atom is -0.491 e. The van der Waals surface area contributed by atoms with Gasteiger partial charge in [0.2, 0.25) is 0 Å². The third-order valence-corrected chi connectivity index (χ3v) is 3.95. The molecule has 23 heavy (non-hydrogen) atoms. The summed E-state index contributed by atoms with van der Waals surface area (Å²) in [6.45, 7) is 9.89. The average molecular weight is 342 g/mol. The van der Waals surface area contributed by atoms with E-state index in [1.165, 1.54) is 0 Å². The van der Waals surface area contributed by atoms with Crippen molar-refractivity contribution in [2.75, 3.05) is 39.3 Å². The van der Waals surface area contributed by atoms with Crippen LogP contribution < -0.4 is 15.4 Å². The molecule has 2 rings (SSSR count). The molecule has 1 unspecified atom stereocenters. The molecule has 1 aliphatic heterocycles. The SMILES string of the molecule is CCC(C)Oc1ccc(C(=O)NCCN2CCNCC2)cc1.Cl. The van der Waals surface area contributed by atoms with Crippen molar-refractivity contribution in [3.63, 3.8) is 0 Å². The summed E-state index contributed by atoms with van der Waals surface area (Å²) in [7, 11) is 0. The molecule has 1 fully saturated rings. The van der Waals surface area contributed by atoms with Gasteiger partial charge in [-0.25, -0.2) is 0 Å². The molecule has 2 N–H and O–H groups in total. The second-order valence-corrected chi connectivity index (χ2v) is 5.71. The van der Waals surface area contributed by atoms with Crippen molar-refractivity contribution < 1.29 is 9.53 Å². The van der Waals surface area contributed by atoms with Gasteiger partial charge in [-0.1, -0.05) is 6.92 Å². The van der Waals surface area contributed by atoms with E-state index in [-0.39, 0.29) is 24.4 Å². The van der Waals surface area contributed by atoms with Crippen LogP contribution in [0, 0.1) is 0 Å². The Morgan fingerprint density at radius 3 is 2.57 bits per heavy atom. The first kappa shape index (κ1) is 19.7. The van der Waals surface area contributed by atoms with Crippen LogP contribution in [0.1, 0.15) is 30.6 Å². The smallest absolute Gasteiger partial charge is 0.251 e. The fourth-order valence-corrected chi connectivity index (χ4v) is 2.36. The quantitative estimate of drug-likeness (QED) is 0.795. The second kappa shape index (κ2) is 10.5. The largest absolute Gasteiger partial charge is 0.491 e. The Labute approximate surface area is 145 Å². The van der Waals surface area contributed by atoms with Gasteiger partial charge >= 0.3 is 0 Å². The molecule has 6 heteroatoms. The topological polar surface area (TPSA) is 53.6 Å². The lowest BCUT2D eigenvalue weighted by molar-refractivity contribution is 0.0947. The van der Waals surface area contributed by atoms with Gasteiger partial charge in [0.25, 0.3) is 5.91 Å². The first-order chi connectivity index (χ1) is 10.7. The maximum atomic E-state index is 12.1. The highest BCUT2D eigenvalue weighted by Gasteiger charge is 2.10. The fourth-order valence-electron chi connectivity index (χ4n) is 2.36. The van der Waals surface area contributed by atoms with Crippen molar-refractivity contribution in [2.45, 2.75) is 26.4 Å². The molecule has 0 bridgehead atoms. The van der Waals surface area contributed by atoms with Crippen LogP contribution in [0.5, 0.6) is 5.75 Å². The lowest BCUT2D eigenvalue weighted by Crippen LogP contribution is -2.46. The molecule has 1 heterocycles. The Balaban J connectivity index is 0.00000264. The van der Waals surface area contributed by atoms with Crippen LogP contribution in [0.25, 0.3) is 0 Å². The fraction of sp³-hybridized carbons (Fsp3) is 0.588. The van der Waals surface area contributed by atoms with E-state index in [1.807, 2.05) is 31.2 Å². The molecule has 130 valence electrons. The minimum absolute atomic E-state index is 0. The normalized spacial score (nSPS) is 16.3. The number of halogens is 1. The molecule has 1 atom stereocenters. The number of nitrogens with zero attached hydrogens (tertiary/aromatic N) is 1. The molecule has 5 nitrogen and oxygen atoms in total. The summed E-state index contributed by atoms with van der Waals surface area (Å²) >= 11 is 0. The number of hydrogen-bond acceptors (Lipinski definition) is 4. The second-order valence-electron chi connectivity index (χ2n) is 5.71. The summed E-state index contributed by atoms with van der Waals surface area (Å²) in [5.74, 6) is 0.789. The third kappa shape index (κ3) is 6.77. The van der Waals surface area contributed by atoms with Gasteiger partial charge in [-0.15, -0.1) is 12.4 Å². The maximum absolute atomic E-state index is 12.1. The van der Waals surface area contributed by atoms with Gasteiger partial charge in [-0.05, 0) is 37.6 Å². The van der Waals surface area contributed by atoms with Gasteiger partial charge in [-0.3, -0.25) is 9.69 Å². The zero-order chi connectivity index (χ0) is 15.8. The molecule has 1 aromatic rings. The molecule has 0 aromatic heterocycles. The number of carbonyl (C=O) groups excluding carboxylic acids is 1. The monoisotopic (exact) mass is 341 g/mol. The highest BCUT2D eigenvalue weighted by Crippen LogP contribution is 2.14. The summed E-state index contributed by atoms with van der Waals surface area (Å²) in [5.41, 5.74) is 0.678. The van der Waals surface area contributed by atoms with E-state index in [0.29, 0.717) is 12.1 Å². The Bertz CT molecular complexity index is 461. The van der Waals surface area contributed by atoms with Crippen molar-refractivity contribution in [2.24, 2.45) is 0 Å². The number of carbonyl (C=O) groups is 1. The summed E-state index contributed by atoms with van der Waals surface area (Å²) < 4.78 is 5.71. The molecule has 1 saturated heterocycles. The standard InChI is InChI=1S/C17H27N3O2.ClH/c1-3-14(2)22-16-6-4-15(5-7-16)17(21)19-10-13-20-11-8-18-9-12-20;/h4-7,14,18H,3,8-13H2,1-2H3,(H,19,21);1H. The lowest BCUT2D eigenvalue weighted by Gasteiger charge is -2.27. The molecule has 0 aliphatic carbocycles. The van der Waals surface area contributed by atoms with E-state index in [2.05, 4.69) is 22.5 Å². The van der Waals surface area contributed by atoms with Gasteiger partial charge in [0, 0.05) is 44.8 Å². The van der Waals surface area contributed by atoms with E-state index >= 15 is 0 Å². The molecular formula is C17H28ClN3O2. The molecule has 0 radical (unpaired) electrons.